The van der Waals surface area contributed by atoms with Crippen molar-refractivity contribution in [3.63, 3.8) is 0 Å². The standard InChI is InChI=1S/C16H17BrN2O2/c1-3-21-15(20)16(2,12-7-9-18-10-8-12)19-14-6-4-5-13(17)11-14/h4-11,19H,3H2,1-2H3. The van der Waals surface area contributed by atoms with Gasteiger partial charge in [0.25, 0.3) is 0 Å². The number of carbonyl (C=O) groups excluding carboxylic acids is 1. The van der Waals surface area contributed by atoms with E-state index in [4.69, 9.17) is 4.74 Å². The van der Waals surface area contributed by atoms with Crippen LogP contribution in [0.4, 0.5) is 5.69 Å². The summed E-state index contributed by atoms with van der Waals surface area (Å²) in [5, 5.41) is 3.26. The zero-order chi connectivity index (χ0) is 15.3. The average Bonchev–Trinajstić information content (AvgIpc) is 2.48. The van der Waals surface area contributed by atoms with E-state index in [0.717, 1.165) is 15.7 Å². The van der Waals surface area contributed by atoms with Crippen molar-refractivity contribution in [2.75, 3.05) is 11.9 Å². The molecule has 0 aliphatic heterocycles. The Morgan fingerprint density at radius 1 is 1.33 bits per heavy atom. The number of benzene rings is 1. The highest BCUT2D eigenvalue weighted by Crippen LogP contribution is 2.28. The third kappa shape index (κ3) is 3.61. The van der Waals surface area contributed by atoms with Crippen molar-refractivity contribution < 1.29 is 9.53 Å². The first-order valence-electron chi connectivity index (χ1n) is 6.67. The molecule has 0 amide bonds. The SMILES string of the molecule is CCOC(=O)C(C)(Nc1cccc(Br)c1)c1ccncc1. The van der Waals surface area contributed by atoms with Crippen LogP contribution in [0.25, 0.3) is 0 Å². The van der Waals surface area contributed by atoms with E-state index in [2.05, 4.69) is 26.2 Å². The third-order valence-corrected chi connectivity index (χ3v) is 3.65. The smallest absolute Gasteiger partial charge is 0.336 e. The van der Waals surface area contributed by atoms with E-state index in [9.17, 15) is 4.79 Å². The molecule has 0 saturated heterocycles. The lowest BCUT2D eigenvalue weighted by molar-refractivity contribution is -0.148. The van der Waals surface area contributed by atoms with Gasteiger partial charge in [0, 0.05) is 22.6 Å². The van der Waals surface area contributed by atoms with E-state index in [1.54, 1.807) is 26.2 Å². The van der Waals surface area contributed by atoms with E-state index in [1.165, 1.54) is 0 Å². The second kappa shape index (κ2) is 6.72. The predicted octanol–water partition coefficient (Wildman–Crippen LogP) is 3.73. The molecule has 0 spiro atoms. The molecule has 4 nitrogen and oxygen atoms in total. The monoisotopic (exact) mass is 348 g/mol. The topological polar surface area (TPSA) is 51.2 Å². The summed E-state index contributed by atoms with van der Waals surface area (Å²) < 4.78 is 6.17. The lowest BCUT2D eigenvalue weighted by Crippen LogP contribution is -2.42. The average molecular weight is 349 g/mol. The van der Waals surface area contributed by atoms with Gasteiger partial charge in [-0.25, -0.2) is 4.79 Å². The van der Waals surface area contributed by atoms with Crippen molar-refractivity contribution in [1.82, 2.24) is 4.98 Å². The third-order valence-electron chi connectivity index (χ3n) is 3.16. The number of aromatic nitrogens is 1. The molecule has 2 aromatic rings. The molecule has 1 heterocycles. The summed E-state index contributed by atoms with van der Waals surface area (Å²) in [6, 6.07) is 11.3. The van der Waals surface area contributed by atoms with Crippen LogP contribution in [0.5, 0.6) is 0 Å². The largest absolute Gasteiger partial charge is 0.464 e. The first-order valence-corrected chi connectivity index (χ1v) is 7.47. The van der Waals surface area contributed by atoms with Gasteiger partial charge in [0.05, 0.1) is 6.61 Å². The van der Waals surface area contributed by atoms with Crippen molar-refractivity contribution in [2.24, 2.45) is 0 Å². The van der Waals surface area contributed by atoms with E-state index >= 15 is 0 Å². The Kier molecular flexibility index (Phi) is 4.96. The van der Waals surface area contributed by atoms with Crippen LogP contribution in [-0.4, -0.2) is 17.6 Å². The van der Waals surface area contributed by atoms with Gasteiger partial charge in [0.2, 0.25) is 0 Å². The Balaban J connectivity index is 2.39. The Hall–Kier alpha value is -1.88. The number of nitrogens with zero attached hydrogens (tertiary/aromatic N) is 1. The maximum atomic E-state index is 12.4. The Labute approximate surface area is 132 Å². The highest BCUT2D eigenvalue weighted by molar-refractivity contribution is 9.10. The van der Waals surface area contributed by atoms with Gasteiger partial charge in [-0.05, 0) is 49.7 Å². The highest BCUT2D eigenvalue weighted by atomic mass is 79.9. The molecule has 1 aromatic heterocycles. The number of ether oxygens (including phenoxy) is 1. The van der Waals surface area contributed by atoms with Crippen LogP contribution in [0.3, 0.4) is 0 Å². The summed E-state index contributed by atoms with van der Waals surface area (Å²) in [6.07, 6.45) is 3.32. The number of carbonyl (C=O) groups is 1. The van der Waals surface area contributed by atoms with Gasteiger partial charge < -0.3 is 10.1 Å². The first-order chi connectivity index (χ1) is 10.1. The summed E-state index contributed by atoms with van der Waals surface area (Å²) in [5.41, 5.74) is 0.660. The van der Waals surface area contributed by atoms with Gasteiger partial charge in [0.15, 0.2) is 5.54 Å². The summed E-state index contributed by atoms with van der Waals surface area (Å²) >= 11 is 3.43. The molecule has 1 N–H and O–H groups in total. The van der Waals surface area contributed by atoms with Gasteiger partial charge >= 0.3 is 5.97 Å². The number of hydrogen-bond acceptors (Lipinski definition) is 4. The van der Waals surface area contributed by atoms with Crippen LogP contribution in [0.15, 0.2) is 53.3 Å². The molecule has 0 bridgehead atoms. The molecular formula is C16H17BrN2O2. The second-order valence-corrected chi connectivity index (χ2v) is 5.63. The minimum absolute atomic E-state index is 0.323. The van der Waals surface area contributed by atoms with Gasteiger partial charge in [-0.2, -0.15) is 0 Å². The minimum Gasteiger partial charge on any atom is -0.464 e. The summed E-state index contributed by atoms with van der Waals surface area (Å²) in [5.74, 6) is -0.323. The zero-order valence-corrected chi connectivity index (χ0v) is 13.6. The van der Waals surface area contributed by atoms with Crippen molar-refractivity contribution in [3.05, 3.63) is 58.8 Å². The predicted molar refractivity (Wildman–Crippen MR) is 86.0 cm³/mol. The van der Waals surface area contributed by atoms with Crippen LogP contribution in [-0.2, 0) is 15.1 Å². The van der Waals surface area contributed by atoms with Gasteiger partial charge in [0.1, 0.15) is 0 Å². The first kappa shape index (κ1) is 15.5. The lowest BCUT2D eigenvalue weighted by atomic mass is 9.92. The van der Waals surface area contributed by atoms with Crippen LogP contribution < -0.4 is 5.32 Å². The van der Waals surface area contributed by atoms with Crippen LogP contribution in [0, 0.1) is 0 Å². The summed E-state index contributed by atoms with van der Waals surface area (Å²) in [6.45, 7) is 3.94. The molecule has 0 aliphatic carbocycles. The van der Waals surface area contributed by atoms with E-state index in [1.807, 2.05) is 36.4 Å². The molecule has 0 radical (unpaired) electrons. The minimum atomic E-state index is -0.972. The quantitative estimate of drug-likeness (QED) is 0.836. The molecule has 1 aromatic carbocycles. The van der Waals surface area contributed by atoms with Crippen molar-refractivity contribution in [1.29, 1.82) is 0 Å². The molecule has 1 unspecified atom stereocenters. The maximum Gasteiger partial charge on any atom is 0.336 e. The number of hydrogen-bond donors (Lipinski definition) is 1. The fraction of sp³-hybridized carbons (Fsp3) is 0.250. The molecule has 0 saturated carbocycles. The summed E-state index contributed by atoms with van der Waals surface area (Å²) in [4.78, 5) is 16.4. The number of esters is 1. The highest BCUT2D eigenvalue weighted by Gasteiger charge is 2.36. The van der Waals surface area contributed by atoms with Crippen LogP contribution in [0.2, 0.25) is 0 Å². The van der Waals surface area contributed by atoms with Crippen molar-refractivity contribution >= 4 is 27.6 Å². The van der Waals surface area contributed by atoms with Gasteiger partial charge in [-0.3, -0.25) is 4.98 Å². The summed E-state index contributed by atoms with van der Waals surface area (Å²) in [7, 11) is 0. The van der Waals surface area contributed by atoms with Gasteiger partial charge in [-0.1, -0.05) is 22.0 Å². The molecule has 2 rings (SSSR count). The molecule has 0 aliphatic rings. The maximum absolute atomic E-state index is 12.4. The van der Waals surface area contributed by atoms with E-state index in [0.29, 0.717) is 6.61 Å². The Morgan fingerprint density at radius 2 is 2.05 bits per heavy atom. The number of nitrogens with one attached hydrogen (secondary N) is 1. The molecule has 0 fully saturated rings. The van der Waals surface area contributed by atoms with Crippen molar-refractivity contribution in [2.45, 2.75) is 19.4 Å². The van der Waals surface area contributed by atoms with Crippen molar-refractivity contribution in [3.8, 4) is 0 Å². The molecule has 110 valence electrons. The molecular weight excluding hydrogens is 332 g/mol. The fourth-order valence-electron chi connectivity index (χ4n) is 2.06. The Morgan fingerprint density at radius 3 is 2.67 bits per heavy atom. The number of pyridine rings is 1. The van der Waals surface area contributed by atoms with Crippen LogP contribution >= 0.6 is 15.9 Å². The normalized spacial score (nSPS) is 13.3. The van der Waals surface area contributed by atoms with E-state index in [-0.39, 0.29) is 5.97 Å². The number of rotatable bonds is 5. The van der Waals surface area contributed by atoms with Crippen LogP contribution in [0.1, 0.15) is 19.4 Å². The molecule has 5 heteroatoms. The fourth-order valence-corrected chi connectivity index (χ4v) is 2.46. The number of anilines is 1. The second-order valence-electron chi connectivity index (χ2n) is 4.72. The van der Waals surface area contributed by atoms with E-state index < -0.39 is 5.54 Å². The Bertz CT molecular complexity index is 619. The lowest BCUT2D eigenvalue weighted by Gasteiger charge is -2.30. The number of halogens is 1. The molecule has 21 heavy (non-hydrogen) atoms. The van der Waals surface area contributed by atoms with Gasteiger partial charge in [-0.15, -0.1) is 0 Å². The zero-order valence-electron chi connectivity index (χ0n) is 12.0. The molecule has 1 atom stereocenters.